The van der Waals surface area contributed by atoms with Gasteiger partial charge in [-0.2, -0.15) is 0 Å². The van der Waals surface area contributed by atoms with E-state index < -0.39 is 27.2 Å². The fraction of sp³-hybridized carbons (Fsp3) is 0.192. The third-order valence-electron chi connectivity index (χ3n) is 6.00. The van der Waals surface area contributed by atoms with Crippen LogP contribution in [0.25, 0.3) is 22.3 Å². The minimum absolute atomic E-state index is 0.0342. The molecule has 0 bridgehead atoms. The zero-order valence-corrected chi connectivity index (χ0v) is 25.0. The first-order chi connectivity index (χ1) is 20.2. The van der Waals surface area contributed by atoms with Crippen LogP contribution in [0.3, 0.4) is 0 Å². The van der Waals surface area contributed by atoms with Gasteiger partial charge in [0.15, 0.2) is 40.1 Å². The molecule has 1 heterocycles. The summed E-state index contributed by atoms with van der Waals surface area (Å²) in [7, 11) is -3.62. The van der Waals surface area contributed by atoms with Crippen molar-refractivity contribution < 1.29 is 70.6 Å². The molecule has 3 aromatic carbocycles. The van der Waals surface area contributed by atoms with E-state index in [0.717, 1.165) is 6.07 Å². The number of carbonyl (C=O) groups excluding carboxylic acids is 1. The van der Waals surface area contributed by atoms with Crippen LogP contribution < -0.4 is 32.7 Å². The maximum atomic E-state index is 14.2. The van der Waals surface area contributed by atoms with E-state index in [2.05, 4.69) is 0 Å². The molecule has 0 saturated carbocycles. The molecule has 0 spiro atoms. The second-order valence-corrected chi connectivity index (χ2v) is 10.9. The molecular weight excluding hydrogens is 614 g/mol. The number of phosphoric acid groups is 2. The second kappa shape index (κ2) is 12.2. The van der Waals surface area contributed by atoms with Crippen LogP contribution in [0.4, 0.5) is 0 Å². The van der Waals surface area contributed by atoms with Crippen molar-refractivity contribution in [3.63, 3.8) is 0 Å². The van der Waals surface area contributed by atoms with E-state index in [4.69, 9.17) is 37.1 Å². The standard InChI is InChI=1S/C26H26O15P2/c1-34-16-8-6-13(10-18(16)40-42(28,29)30)23-21(22(27)14-11-19(36-3)25(38-5)20(12-14)37-4)15-7-9-17(35-2)26(24(15)39-23)41-43(31,32)33/h6-12H,1-5H3,(H2,28,29,30)(H2,31,32,33). The number of rotatable bonds is 12. The first-order valence-electron chi connectivity index (χ1n) is 11.9. The Bertz CT molecular complexity index is 1760. The lowest BCUT2D eigenvalue weighted by atomic mass is 9.96. The Hall–Kier alpha value is -4.23. The molecule has 43 heavy (non-hydrogen) atoms. The smallest absolute Gasteiger partial charge is 0.493 e. The largest absolute Gasteiger partial charge is 0.525 e. The van der Waals surface area contributed by atoms with E-state index >= 15 is 0 Å². The predicted molar refractivity (Wildman–Crippen MR) is 150 cm³/mol. The molecule has 0 aliphatic carbocycles. The van der Waals surface area contributed by atoms with Gasteiger partial charge in [0, 0.05) is 16.5 Å². The lowest BCUT2D eigenvalue weighted by Crippen LogP contribution is -2.05. The number of hydrogen-bond acceptors (Lipinski definition) is 11. The van der Waals surface area contributed by atoms with Crippen LogP contribution in [0.15, 0.2) is 46.9 Å². The average Bonchev–Trinajstić information content (AvgIpc) is 3.34. The number of ketones is 1. The zero-order chi connectivity index (χ0) is 31.7. The van der Waals surface area contributed by atoms with Gasteiger partial charge in [-0.25, -0.2) is 9.13 Å². The average molecular weight is 640 g/mol. The fourth-order valence-corrected chi connectivity index (χ4v) is 5.10. The Kier molecular flexibility index (Phi) is 8.97. The van der Waals surface area contributed by atoms with Crippen molar-refractivity contribution in [2.45, 2.75) is 0 Å². The van der Waals surface area contributed by atoms with Gasteiger partial charge in [0.05, 0.1) is 41.1 Å². The van der Waals surface area contributed by atoms with Gasteiger partial charge >= 0.3 is 15.6 Å². The van der Waals surface area contributed by atoms with Crippen molar-refractivity contribution in [2.75, 3.05) is 35.5 Å². The maximum absolute atomic E-state index is 14.2. The summed E-state index contributed by atoms with van der Waals surface area (Å²) in [4.78, 5) is 52.2. The molecule has 0 aliphatic heterocycles. The summed E-state index contributed by atoms with van der Waals surface area (Å²) in [6, 6.07) is 9.38. The van der Waals surface area contributed by atoms with Gasteiger partial charge in [0.1, 0.15) is 5.76 Å². The van der Waals surface area contributed by atoms with E-state index in [1.165, 1.54) is 71.9 Å². The molecule has 4 N–H and O–H groups in total. The summed E-state index contributed by atoms with van der Waals surface area (Å²) < 4.78 is 65.6. The van der Waals surface area contributed by atoms with Crippen LogP contribution >= 0.6 is 15.6 Å². The van der Waals surface area contributed by atoms with Crippen LogP contribution in [-0.2, 0) is 9.13 Å². The highest BCUT2D eigenvalue weighted by Crippen LogP contribution is 2.51. The van der Waals surface area contributed by atoms with E-state index in [-0.39, 0.29) is 67.9 Å². The Balaban J connectivity index is 2.08. The summed E-state index contributed by atoms with van der Waals surface area (Å²) in [5, 5.41) is 0.0475. The lowest BCUT2D eigenvalue weighted by Gasteiger charge is -2.14. The minimum Gasteiger partial charge on any atom is -0.493 e. The molecule has 4 aromatic rings. The van der Waals surface area contributed by atoms with Crippen LogP contribution in [0.5, 0.6) is 40.2 Å². The highest BCUT2D eigenvalue weighted by molar-refractivity contribution is 7.47. The van der Waals surface area contributed by atoms with Crippen molar-refractivity contribution >= 4 is 32.4 Å². The molecule has 0 saturated heterocycles. The summed E-state index contributed by atoms with van der Waals surface area (Å²) in [5.41, 5.74) is -0.305. The van der Waals surface area contributed by atoms with Crippen molar-refractivity contribution in [1.82, 2.24) is 0 Å². The second-order valence-electron chi connectivity index (χ2n) is 8.55. The molecule has 0 radical (unpaired) electrons. The molecule has 0 aliphatic rings. The fourth-order valence-electron chi connectivity index (χ4n) is 4.29. The SMILES string of the molecule is COc1ccc(-c2oc3c(OP(=O)(O)O)c(OC)ccc3c2C(=O)c2cc(OC)c(OC)c(OC)c2)cc1OP(=O)(O)O. The van der Waals surface area contributed by atoms with E-state index in [9.17, 15) is 33.5 Å². The van der Waals surface area contributed by atoms with Crippen LogP contribution in [-0.4, -0.2) is 60.9 Å². The number of hydrogen-bond donors (Lipinski definition) is 4. The number of methoxy groups -OCH3 is 5. The number of fused-ring (bicyclic) bond motifs is 1. The van der Waals surface area contributed by atoms with Crippen molar-refractivity contribution in [3.05, 3.63) is 53.6 Å². The summed E-state index contributed by atoms with van der Waals surface area (Å²) in [6.45, 7) is 0. The van der Waals surface area contributed by atoms with Crippen LogP contribution in [0.2, 0.25) is 0 Å². The molecule has 0 fully saturated rings. The molecule has 230 valence electrons. The van der Waals surface area contributed by atoms with Gasteiger partial charge in [0.25, 0.3) is 0 Å². The molecule has 15 nitrogen and oxygen atoms in total. The first kappa shape index (κ1) is 31.7. The lowest BCUT2D eigenvalue weighted by molar-refractivity contribution is 0.103. The third-order valence-corrected chi connectivity index (χ3v) is 6.86. The molecule has 17 heteroatoms. The molecule has 1 aromatic heterocycles. The van der Waals surface area contributed by atoms with Gasteiger partial charge in [-0.1, -0.05) is 0 Å². The quantitative estimate of drug-likeness (QED) is 0.126. The molecular formula is C26H26O15P2. The number of furan rings is 1. The van der Waals surface area contributed by atoms with Gasteiger partial charge in [-0.05, 0) is 42.5 Å². The topological polar surface area (TPSA) is 210 Å². The van der Waals surface area contributed by atoms with Gasteiger partial charge in [-0.3, -0.25) is 24.4 Å². The van der Waals surface area contributed by atoms with Crippen molar-refractivity contribution in [1.29, 1.82) is 0 Å². The Morgan fingerprint density at radius 2 is 1.21 bits per heavy atom. The summed E-state index contributed by atoms with van der Waals surface area (Å²) in [6.07, 6.45) is 0. The predicted octanol–water partition coefficient (Wildman–Crippen LogP) is 4.32. The molecule has 4 rings (SSSR count). The molecule has 0 atom stereocenters. The van der Waals surface area contributed by atoms with Crippen molar-refractivity contribution in [2.24, 2.45) is 0 Å². The van der Waals surface area contributed by atoms with E-state index in [1.54, 1.807) is 0 Å². The zero-order valence-electron chi connectivity index (χ0n) is 23.2. The number of ether oxygens (including phenoxy) is 5. The monoisotopic (exact) mass is 640 g/mol. The van der Waals surface area contributed by atoms with Crippen LogP contribution in [0.1, 0.15) is 15.9 Å². The summed E-state index contributed by atoms with van der Waals surface area (Å²) >= 11 is 0. The molecule has 0 amide bonds. The minimum atomic E-state index is -5.16. The highest BCUT2D eigenvalue weighted by atomic mass is 31.2. The van der Waals surface area contributed by atoms with Crippen molar-refractivity contribution in [3.8, 4) is 51.6 Å². The van der Waals surface area contributed by atoms with E-state index in [0.29, 0.717) is 0 Å². The van der Waals surface area contributed by atoms with Gasteiger partial charge in [-0.15, -0.1) is 0 Å². The highest BCUT2D eigenvalue weighted by Gasteiger charge is 2.31. The number of benzene rings is 3. The Labute approximate surface area is 243 Å². The van der Waals surface area contributed by atoms with Crippen LogP contribution in [0, 0.1) is 0 Å². The number of carbonyl (C=O) groups is 1. The van der Waals surface area contributed by atoms with Gasteiger partial charge < -0.3 is 37.1 Å². The molecule has 0 unspecified atom stereocenters. The summed E-state index contributed by atoms with van der Waals surface area (Å²) in [5.74, 6) is -1.37. The first-order valence-corrected chi connectivity index (χ1v) is 15.0. The Morgan fingerprint density at radius 1 is 0.651 bits per heavy atom. The normalized spacial score (nSPS) is 11.7. The third kappa shape index (κ3) is 6.57. The number of phosphoric ester groups is 2. The Morgan fingerprint density at radius 3 is 1.72 bits per heavy atom. The maximum Gasteiger partial charge on any atom is 0.525 e. The van der Waals surface area contributed by atoms with E-state index in [1.807, 2.05) is 0 Å². The van der Waals surface area contributed by atoms with Gasteiger partial charge in [0.2, 0.25) is 11.5 Å².